The van der Waals surface area contributed by atoms with Gasteiger partial charge in [0.2, 0.25) is 5.91 Å². The number of carboxylic acid groups (broad SMARTS) is 1. The Morgan fingerprint density at radius 1 is 1.37 bits per heavy atom. The van der Waals surface area contributed by atoms with E-state index in [0.29, 0.717) is 23.4 Å². The molecule has 5 nitrogen and oxygen atoms in total. The molecule has 1 amide bonds. The molecule has 1 heterocycles. The molecular weight excluding hydrogens is 264 g/mol. The van der Waals surface area contributed by atoms with Gasteiger partial charge < -0.3 is 10.4 Å². The fourth-order valence-corrected chi connectivity index (χ4v) is 2.82. The van der Waals surface area contributed by atoms with Crippen LogP contribution in [0.15, 0.2) is 23.6 Å². The molecule has 0 saturated heterocycles. The molecule has 2 atom stereocenters. The second-order valence-electron chi connectivity index (χ2n) is 4.26. The van der Waals surface area contributed by atoms with Crippen molar-refractivity contribution >= 4 is 28.2 Å². The summed E-state index contributed by atoms with van der Waals surface area (Å²) in [6.45, 7) is 0. The van der Waals surface area contributed by atoms with Crippen LogP contribution in [0.25, 0.3) is 0 Å². The van der Waals surface area contributed by atoms with Gasteiger partial charge in [-0.05, 0) is 24.3 Å². The molecule has 1 aliphatic carbocycles. The minimum absolute atomic E-state index is 0.337. The first kappa shape index (κ1) is 13.3. The molecule has 6 heteroatoms. The number of carbonyl (C=O) groups is 2. The van der Waals surface area contributed by atoms with Crippen molar-refractivity contribution in [3.8, 4) is 6.07 Å². The minimum Gasteiger partial charge on any atom is -0.481 e. The highest BCUT2D eigenvalue weighted by molar-refractivity contribution is 7.14. The molecule has 0 aromatic carbocycles. The third kappa shape index (κ3) is 2.83. The first-order valence-electron chi connectivity index (χ1n) is 5.79. The Bertz CT molecular complexity index is 571. The summed E-state index contributed by atoms with van der Waals surface area (Å²) >= 11 is 1.26. The maximum absolute atomic E-state index is 12.1. The van der Waals surface area contributed by atoms with Crippen LogP contribution in [0.2, 0.25) is 0 Å². The first-order valence-corrected chi connectivity index (χ1v) is 6.67. The van der Waals surface area contributed by atoms with Gasteiger partial charge in [-0.2, -0.15) is 5.26 Å². The molecule has 2 rings (SSSR count). The van der Waals surface area contributed by atoms with Crippen LogP contribution >= 0.6 is 11.3 Å². The summed E-state index contributed by atoms with van der Waals surface area (Å²) in [5.41, 5.74) is 0.400. The number of nitrogens with one attached hydrogen (secondary N) is 1. The molecule has 1 aromatic rings. The highest BCUT2D eigenvalue weighted by Crippen LogP contribution is 2.29. The minimum atomic E-state index is -0.962. The van der Waals surface area contributed by atoms with Crippen molar-refractivity contribution in [2.45, 2.75) is 12.8 Å². The summed E-state index contributed by atoms with van der Waals surface area (Å²) in [7, 11) is 0. The van der Waals surface area contributed by atoms with E-state index in [1.54, 1.807) is 17.5 Å². The molecule has 0 spiro atoms. The molecule has 2 N–H and O–H groups in total. The van der Waals surface area contributed by atoms with Gasteiger partial charge in [-0.25, -0.2) is 0 Å². The van der Waals surface area contributed by atoms with Crippen molar-refractivity contribution < 1.29 is 14.7 Å². The van der Waals surface area contributed by atoms with Crippen LogP contribution in [-0.4, -0.2) is 17.0 Å². The van der Waals surface area contributed by atoms with Gasteiger partial charge >= 0.3 is 5.97 Å². The highest BCUT2D eigenvalue weighted by atomic mass is 32.1. The Kier molecular flexibility index (Phi) is 3.97. The van der Waals surface area contributed by atoms with Crippen LogP contribution in [0.1, 0.15) is 18.4 Å². The number of hydrogen-bond donors (Lipinski definition) is 2. The lowest BCUT2D eigenvalue weighted by Crippen LogP contribution is -2.34. The summed E-state index contributed by atoms with van der Waals surface area (Å²) in [5.74, 6) is -2.58. The number of carbonyl (C=O) groups excluding carboxylic acids is 1. The van der Waals surface area contributed by atoms with Crippen molar-refractivity contribution in [2.24, 2.45) is 11.8 Å². The lowest BCUT2D eigenvalue weighted by molar-refractivity contribution is -0.146. The molecule has 19 heavy (non-hydrogen) atoms. The van der Waals surface area contributed by atoms with Crippen molar-refractivity contribution in [3.05, 3.63) is 29.2 Å². The molecule has 0 saturated carbocycles. The topological polar surface area (TPSA) is 90.2 Å². The lowest BCUT2D eigenvalue weighted by atomic mass is 9.82. The highest BCUT2D eigenvalue weighted by Gasteiger charge is 2.34. The second-order valence-corrected chi connectivity index (χ2v) is 5.17. The fraction of sp³-hybridized carbons (Fsp3) is 0.308. The van der Waals surface area contributed by atoms with E-state index in [9.17, 15) is 9.59 Å². The maximum Gasteiger partial charge on any atom is 0.307 e. The Balaban J connectivity index is 2.13. The van der Waals surface area contributed by atoms with Crippen molar-refractivity contribution in [1.82, 2.24) is 0 Å². The Morgan fingerprint density at radius 2 is 2.05 bits per heavy atom. The number of thiophene rings is 1. The third-order valence-corrected chi connectivity index (χ3v) is 3.94. The third-order valence-electron chi connectivity index (χ3n) is 3.11. The van der Waals surface area contributed by atoms with Crippen LogP contribution in [-0.2, 0) is 9.59 Å². The van der Waals surface area contributed by atoms with Crippen molar-refractivity contribution in [3.63, 3.8) is 0 Å². The summed E-state index contributed by atoms with van der Waals surface area (Å²) < 4.78 is 0. The Labute approximate surface area is 114 Å². The average Bonchev–Trinajstić information content (AvgIpc) is 2.85. The van der Waals surface area contributed by atoms with Crippen molar-refractivity contribution in [2.75, 3.05) is 5.32 Å². The van der Waals surface area contributed by atoms with Crippen LogP contribution in [0.5, 0.6) is 0 Å². The zero-order valence-electron chi connectivity index (χ0n) is 10.00. The number of nitriles is 1. The van der Waals surface area contributed by atoms with E-state index in [0.717, 1.165) is 0 Å². The summed E-state index contributed by atoms with van der Waals surface area (Å²) in [6, 6.07) is 3.60. The summed E-state index contributed by atoms with van der Waals surface area (Å²) in [5, 5.41) is 22.8. The average molecular weight is 276 g/mol. The number of hydrogen-bond acceptors (Lipinski definition) is 4. The molecule has 0 radical (unpaired) electrons. The Hall–Kier alpha value is -2.13. The van der Waals surface area contributed by atoms with Gasteiger partial charge in [0.25, 0.3) is 0 Å². The van der Waals surface area contributed by atoms with Crippen LogP contribution in [0.3, 0.4) is 0 Å². The molecule has 0 aliphatic heterocycles. The zero-order chi connectivity index (χ0) is 13.8. The van der Waals surface area contributed by atoms with E-state index in [4.69, 9.17) is 10.4 Å². The number of anilines is 1. The smallest absolute Gasteiger partial charge is 0.307 e. The number of aliphatic carboxylic acids is 1. The number of amides is 1. The maximum atomic E-state index is 12.1. The molecule has 1 aliphatic rings. The number of carboxylic acids is 1. The quantitative estimate of drug-likeness (QED) is 0.828. The zero-order valence-corrected chi connectivity index (χ0v) is 10.8. The number of allylic oxidation sites excluding steroid dienone is 2. The monoisotopic (exact) mass is 276 g/mol. The van der Waals surface area contributed by atoms with E-state index in [2.05, 4.69) is 5.32 Å². The fourth-order valence-electron chi connectivity index (χ4n) is 2.08. The van der Waals surface area contributed by atoms with Gasteiger partial charge in [0, 0.05) is 0 Å². The van der Waals surface area contributed by atoms with Crippen LogP contribution < -0.4 is 5.32 Å². The van der Waals surface area contributed by atoms with Gasteiger partial charge in [-0.3, -0.25) is 9.59 Å². The van der Waals surface area contributed by atoms with Gasteiger partial charge in [0.15, 0.2) is 0 Å². The molecule has 0 unspecified atom stereocenters. The van der Waals surface area contributed by atoms with Gasteiger partial charge in [-0.15, -0.1) is 11.3 Å². The number of nitrogens with zero attached hydrogens (tertiary/aromatic N) is 1. The SMILES string of the molecule is N#Cc1ccsc1NC(=O)[C@@H]1CC=CC[C@@H]1C(=O)O. The standard InChI is InChI=1S/C13H12N2O3S/c14-7-8-5-6-19-12(8)15-11(16)9-3-1-2-4-10(9)13(17)18/h1-2,5-6,9-10H,3-4H2,(H,15,16)(H,17,18)/t9-,10+/m1/s1. The van der Waals surface area contributed by atoms with Crippen LogP contribution in [0, 0.1) is 23.2 Å². The van der Waals surface area contributed by atoms with Gasteiger partial charge in [0.1, 0.15) is 11.1 Å². The molecular formula is C13H12N2O3S. The van der Waals surface area contributed by atoms with Gasteiger partial charge in [0.05, 0.1) is 17.4 Å². The largest absolute Gasteiger partial charge is 0.481 e. The van der Waals surface area contributed by atoms with E-state index in [1.165, 1.54) is 11.3 Å². The second kappa shape index (κ2) is 5.67. The molecule has 98 valence electrons. The van der Waals surface area contributed by atoms with Gasteiger partial charge in [-0.1, -0.05) is 12.2 Å². The van der Waals surface area contributed by atoms with E-state index in [-0.39, 0.29) is 5.91 Å². The first-order chi connectivity index (χ1) is 9.13. The predicted molar refractivity (Wildman–Crippen MR) is 70.7 cm³/mol. The predicted octanol–water partition coefficient (Wildman–Crippen LogP) is 2.23. The van der Waals surface area contributed by atoms with Crippen molar-refractivity contribution in [1.29, 1.82) is 5.26 Å². The molecule has 0 fully saturated rings. The number of rotatable bonds is 3. The lowest BCUT2D eigenvalue weighted by Gasteiger charge is -2.23. The Morgan fingerprint density at radius 3 is 2.68 bits per heavy atom. The normalized spacial score (nSPS) is 21.6. The molecule has 1 aromatic heterocycles. The van der Waals surface area contributed by atoms with E-state index >= 15 is 0 Å². The van der Waals surface area contributed by atoms with E-state index in [1.807, 2.05) is 12.1 Å². The van der Waals surface area contributed by atoms with Crippen LogP contribution in [0.4, 0.5) is 5.00 Å². The van der Waals surface area contributed by atoms with E-state index < -0.39 is 17.8 Å². The molecule has 0 bridgehead atoms. The summed E-state index contributed by atoms with van der Waals surface area (Å²) in [6.07, 6.45) is 4.39. The summed E-state index contributed by atoms with van der Waals surface area (Å²) in [4.78, 5) is 23.3.